The van der Waals surface area contributed by atoms with E-state index in [0.717, 1.165) is 31.9 Å². The first-order valence-electron chi connectivity index (χ1n) is 9.36. The summed E-state index contributed by atoms with van der Waals surface area (Å²) in [6, 6.07) is 13.2. The fourth-order valence-corrected chi connectivity index (χ4v) is 4.23. The number of quaternary nitrogens is 1. The van der Waals surface area contributed by atoms with Crippen molar-refractivity contribution < 1.29 is 22.8 Å². The normalized spacial score (nSPS) is 15.3. The molecule has 1 aliphatic rings. The number of hydrogen-bond acceptors (Lipinski definition) is 5. The molecule has 7 nitrogen and oxygen atoms in total. The van der Waals surface area contributed by atoms with Crippen LogP contribution in [0.2, 0.25) is 0 Å². The van der Waals surface area contributed by atoms with Crippen LogP contribution in [0.3, 0.4) is 0 Å². The van der Waals surface area contributed by atoms with E-state index < -0.39 is 16.0 Å². The van der Waals surface area contributed by atoms with E-state index in [1.165, 1.54) is 29.2 Å². The Kier molecular flexibility index (Phi) is 6.21. The molecule has 1 heterocycles. The molecule has 0 atom stereocenters. The molecule has 0 bridgehead atoms. The van der Waals surface area contributed by atoms with Gasteiger partial charge in [-0.25, -0.2) is 13.2 Å². The highest BCUT2D eigenvalue weighted by Gasteiger charge is 2.22. The predicted molar refractivity (Wildman–Crippen MR) is 108 cm³/mol. The molecule has 0 amide bonds. The molecule has 0 aliphatic carbocycles. The zero-order valence-corrected chi connectivity index (χ0v) is 17.0. The summed E-state index contributed by atoms with van der Waals surface area (Å²) in [7, 11) is -1.62. The van der Waals surface area contributed by atoms with E-state index in [-0.39, 0.29) is 11.5 Å². The van der Waals surface area contributed by atoms with Crippen LogP contribution in [-0.2, 0) is 14.8 Å². The van der Waals surface area contributed by atoms with Crippen LogP contribution >= 0.6 is 0 Å². The van der Waals surface area contributed by atoms with Gasteiger partial charge < -0.3 is 14.5 Å². The highest BCUT2D eigenvalue weighted by Crippen LogP contribution is 2.28. The van der Waals surface area contributed by atoms with Gasteiger partial charge in [-0.15, -0.1) is 0 Å². The smallest absolute Gasteiger partial charge is 0.338 e. The van der Waals surface area contributed by atoms with Crippen LogP contribution in [-0.4, -0.2) is 54.2 Å². The minimum absolute atomic E-state index is 0.0955. The molecule has 0 saturated carbocycles. The van der Waals surface area contributed by atoms with Crippen molar-refractivity contribution in [2.24, 2.45) is 0 Å². The predicted octanol–water partition coefficient (Wildman–Crippen LogP) is 0.999. The summed E-state index contributed by atoms with van der Waals surface area (Å²) in [4.78, 5) is 15.5. The molecule has 0 spiro atoms. The zero-order chi connectivity index (χ0) is 20.1. The molecule has 28 heavy (non-hydrogen) atoms. The summed E-state index contributed by atoms with van der Waals surface area (Å²) in [5, 5.41) is 0. The monoisotopic (exact) mass is 404 g/mol. The average molecular weight is 405 g/mol. The van der Waals surface area contributed by atoms with Crippen molar-refractivity contribution >= 4 is 27.4 Å². The molecule has 1 saturated heterocycles. The number of hydrogen-bond donors (Lipinski definition) is 2. The number of carbonyl (C=O) groups is 1. The van der Waals surface area contributed by atoms with E-state index in [2.05, 4.69) is 16.7 Å². The van der Waals surface area contributed by atoms with Gasteiger partial charge in [0, 0.05) is 0 Å². The van der Waals surface area contributed by atoms with Crippen LogP contribution in [0, 0.1) is 0 Å². The number of carbonyl (C=O) groups excluding carboxylic acids is 1. The van der Waals surface area contributed by atoms with Crippen molar-refractivity contribution in [3.8, 4) is 0 Å². The van der Waals surface area contributed by atoms with Gasteiger partial charge in [0.25, 0.3) is 10.0 Å². The third-order valence-corrected chi connectivity index (χ3v) is 6.16. The summed E-state index contributed by atoms with van der Waals surface area (Å²) in [5.74, 6) is -0.470. The Balaban J connectivity index is 1.80. The van der Waals surface area contributed by atoms with Crippen LogP contribution in [0.4, 0.5) is 11.4 Å². The summed E-state index contributed by atoms with van der Waals surface area (Å²) in [5.41, 5.74) is 1.75. The molecule has 1 fully saturated rings. The van der Waals surface area contributed by atoms with Gasteiger partial charge in [-0.05, 0) is 43.3 Å². The Hall–Kier alpha value is -2.58. The lowest BCUT2D eigenvalue weighted by Crippen LogP contribution is -3.12. The molecule has 1 aliphatic heterocycles. The van der Waals surface area contributed by atoms with Crippen LogP contribution in [0.1, 0.15) is 17.3 Å². The van der Waals surface area contributed by atoms with E-state index in [1.807, 2.05) is 18.2 Å². The molecule has 2 N–H and O–H groups in total. The van der Waals surface area contributed by atoms with Crippen LogP contribution in [0.15, 0.2) is 53.4 Å². The first-order valence-corrected chi connectivity index (χ1v) is 10.8. The van der Waals surface area contributed by atoms with Gasteiger partial charge in [-0.3, -0.25) is 4.72 Å². The maximum atomic E-state index is 12.8. The number of rotatable bonds is 6. The molecule has 150 valence electrons. The van der Waals surface area contributed by atoms with Crippen LogP contribution in [0.5, 0.6) is 0 Å². The van der Waals surface area contributed by atoms with Crippen molar-refractivity contribution in [1.29, 1.82) is 0 Å². The first-order chi connectivity index (χ1) is 13.4. The number of anilines is 2. The number of esters is 1. The summed E-state index contributed by atoms with van der Waals surface area (Å²) in [6.07, 6.45) is 0. The highest BCUT2D eigenvalue weighted by atomic mass is 32.2. The molecular weight excluding hydrogens is 378 g/mol. The van der Waals surface area contributed by atoms with Crippen molar-refractivity contribution in [3.63, 3.8) is 0 Å². The number of benzene rings is 2. The minimum atomic E-state index is -3.77. The lowest BCUT2D eigenvalue weighted by molar-refractivity contribution is -0.880. The number of nitrogens with one attached hydrogen (secondary N) is 2. The topological polar surface area (TPSA) is 80.1 Å². The van der Waals surface area contributed by atoms with Gasteiger partial charge >= 0.3 is 5.97 Å². The van der Waals surface area contributed by atoms with E-state index in [1.54, 1.807) is 13.0 Å². The number of piperazine rings is 1. The van der Waals surface area contributed by atoms with E-state index in [4.69, 9.17) is 4.74 Å². The van der Waals surface area contributed by atoms with Crippen molar-refractivity contribution in [1.82, 2.24) is 0 Å². The molecule has 3 rings (SSSR count). The lowest BCUT2D eigenvalue weighted by atomic mass is 10.2. The summed E-state index contributed by atoms with van der Waals surface area (Å²) >= 11 is 0. The Morgan fingerprint density at radius 2 is 1.75 bits per heavy atom. The van der Waals surface area contributed by atoms with E-state index in [0.29, 0.717) is 11.3 Å². The summed E-state index contributed by atoms with van der Waals surface area (Å²) < 4.78 is 33.3. The Morgan fingerprint density at radius 3 is 2.39 bits per heavy atom. The third kappa shape index (κ3) is 4.63. The van der Waals surface area contributed by atoms with Gasteiger partial charge in [0.1, 0.15) is 0 Å². The highest BCUT2D eigenvalue weighted by molar-refractivity contribution is 7.92. The molecule has 0 radical (unpaired) electrons. The Labute approximate surface area is 166 Å². The molecule has 0 aromatic heterocycles. The Bertz CT molecular complexity index is 921. The second kappa shape index (κ2) is 8.62. The van der Waals surface area contributed by atoms with Crippen molar-refractivity contribution in [2.45, 2.75) is 11.8 Å². The fourth-order valence-electron chi connectivity index (χ4n) is 3.15. The van der Waals surface area contributed by atoms with Gasteiger partial charge in [0.2, 0.25) is 0 Å². The molecular formula is C20H26N3O4S+. The van der Waals surface area contributed by atoms with Crippen LogP contribution in [0.25, 0.3) is 0 Å². The molecule has 2 aromatic carbocycles. The lowest BCUT2D eigenvalue weighted by Gasteiger charge is -2.33. The summed E-state index contributed by atoms with van der Waals surface area (Å²) in [6.45, 7) is 5.76. The van der Waals surface area contributed by atoms with Gasteiger partial charge in [-0.1, -0.05) is 12.1 Å². The molecule has 2 aromatic rings. The standard InChI is InChI=1S/C20H25N3O4S/c1-3-27-20(24)16-8-10-17(11-9-16)28(25,26)21-18-6-4-5-7-19(18)23-14-12-22(2)13-15-23/h4-11,21H,3,12-15H2,1-2H3/p+1. The quantitative estimate of drug-likeness (QED) is 0.702. The van der Waals surface area contributed by atoms with Gasteiger partial charge in [0.05, 0.1) is 61.7 Å². The third-order valence-electron chi connectivity index (χ3n) is 4.78. The van der Waals surface area contributed by atoms with Gasteiger partial charge in [-0.2, -0.15) is 0 Å². The van der Waals surface area contributed by atoms with Crippen molar-refractivity contribution in [3.05, 3.63) is 54.1 Å². The molecule has 8 heteroatoms. The van der Waals surface area contributed by atoms with Crippen molar-refractivity contribution in [2.75, 3.05) is 49.5 Å². The number of nitrogens with zero attached hydrogens (tertiary/aromatic N) is 1. The number of sulfonamides is 1. The largest absolute Gasteiger partial charge is 0.462 e. The van der Waals surface area contributed by atoms with E-state index in [9.17, 15) is 13.2 Å². The number of para-hydroxylation sites is 2. The average Bonchev–Trinajstić information content (AvgIpc) is 2.69. The van der Waals surface area contributed by atoms with E-state index >= 15 is 0 Å². The van der Waals surface area contributed by atoms with Crippen LogP contribution < -0.4 is 14.5 Å². The maximum Gasteiger partial charge on any atom is 0.338 e. The maximum absolute atomic E-state index is 12.8. The number of likely N-dealkylation sites (N-methyl/N-ethyl adjacent to an activating group) is 1. The fraction of sp³-hybridized carbons (Fsp3) is 0.350. The zero-order valence-electron chi connectivity index (χ0n) is 16.1. The Morgan fingerprint density at radius 1 is 1.11 bits per heavy atom. The molecule has 0 unspecified atom stereocenters. The SMILES string of the molecule is CCOC(=O)c1ccc(S(=O)(=O)Nc2ccccc2N2CC[NH+](C)CC2)cc1. The number of ether oxygens (including phenoxy) is 1. The first kappa shape index (κ1) is 20.2. The second-order valence-corrected chi connectivity index (χ2v) is 8.49. The second-order valence-electron chi connectivity index (χ2n) is 6.81. The van der Waals surface area contributed by atoms with Gasteiger partial charge in [0.15, 0.2) is 0 Å². The minimum Gasteiger partial charge on any atom is -0.462 e.